The highest BCUT2D eigenvalue weighted by Crippen LogP contribution is 2.34. The summed E-state index contributed by atoms with van der Waals surface area (Å²) in [5, 5.41) is 1.72. The second-order valence-electron chi connectivity index (χ2n) is 7.21. The van der Waals surface area contributed by atoms with Crippen molar-refractivity contribution >= 4 is 55.2 Å². The molecule has 1 amide bonds. The number of hydrogen-bond acceptors (Lipinski definition) is 6. The van der Waals surface area contributed by atoms with Crippen molar-refractivity contribution in [1.82, 2.24) is 9.97 Å². The number of carbonyl (C=O) groups is 1. The van der Waals surface area contributed by atoms with Crippen LogP contribution >= 0.6 is 22.9 Å². The zero-order chi connectivity index (χ0) is 22.2. The monoisotopic (exact) mass is 461 g/mol. The fourth-order valence-corrected chi connectivity index (χ4v) is 4.62. The molecule has 0 aliphatic rings. The largest absolute Gasteiger partial charge is 0.422 e. The van der Waals surface area contributed by atoms with Gasteiger partial charge in [0.1, 0.15) is 11.1 Å². The van der Waals surface area contributed by atoms with Crippen molar-refractivity contribution < 1.29 is 9.21 Å². The molecule has 158 valence electrons. The number of hydrogen-bond donors (Lipinski definition) is 0. The molecular weight excluding hydrogens is 446 g/mol. The SMILES string of the molecule is Cc1c(Cl)ccc2sc(N(Cc3ccccn3)C(=O)c3cc4ccccc4oc3=O)nc12. The van der Waals surface area contributed by atoms with E-state index in [0.29, 0.717) is 26.8 Å². The van der Waals surface area contributed by atoms with Crippen LogP contribution in [0.2, 0.25) is 5.02 Å². The summed E-state index contributed by atoms with van der Waals surface area (Å²) >= 11 is 7.62. The van der Waals surface area contributed by atoms with Crippen molar-refractivity contribution in [3.63, 3.8) is 0 Å². The Morgan fingerprint density at radius 3 is 2.75 bits per heavy atom. The number of anilines is 1. The first-order chi connectivity index (χ1) is 15.5. The number of fused-ring (bicyclic) bond motifs is 2. The number of para-hydroxylation sites is 1. The lowest BCUT2D eigenvalue weighted by molar-refractivity contribution is 0.0981. The van der Waals surface area contributed by atoms with Crippen LogP contribution in [0.1, 0.15) is 21.6 Å². The van der Waals surface area contributed by atoms with E-state index in [2.05, 4.69) is 9.97 Å². The average Bonchev–Trinajstić information content (AvgIpc) is 3.24. The van der Waals surface area contributed by atoms with Gasteiger partial charge in [0.05, 0.1) is 22.5 Å². The molecule has 2 aromatic carbocycles. The lowest BCUT2D eigenvalue weighted by Gasteiger charge is -2.19. The molecule has 0 N–H and O–H groups in total. The Labute approximate surface area is 191 Å². The minimum absolute atomic E-state index is 0.0614. The third-order valence-corrected chi connectivity index (χ3v) is 6.58. The fraction of sp³-hybridized carbons (Fsp3) is 0.0833. The van der Waals surface area contributed by atoms with Crippen molar-refractivity contribution in [3.8, 4) is 0 Å². The molecule has 0 saturated carbocycles. The highest BCUT2D eigenvalue weighted by Gasteiger charge is 2.26. The maximum Gasteiger partial charge on any atom is 0.349 e. The first-order valence-electron chi connectivity index (χ1n) is 9.81. The van der Waals surface area contributed by atoms with Crippen LogP contribution in [-0.2, 0) is 6.54 Å². The average molecular weight is 462 g/mol. The van der Waals surface area contributed by atoms with E-state index in [-0.39, 0.29) is 12.1 Å². The Balaban J connectivity index is 1.65. The standard InChI is InChI=1S/C24H16ClN3O3S/c1-14-18(25)9-10-20-21(14)27-24(32-20)28(13-16-7-4-5-11-26-16)22(29)17-12-15-6-2-3-8-19(15)31-23(17)30/h2-12H,13H2,1H3. The molecule has 5 aromatic rings. The van der Waals surface area contributed by atoms with E-state index in [1.54, 1.807) is 36.5 Å². The third kappa shape index (κ3) is 3.66. The number of halogens is 1. The van der Waals surface area contributed by atoms with E-state index in [9.17, 15) is 9.59 Å². The van der Waals surface area contributed by atoms with Crippen LogP contribution in [-0.4, -0.2) is 15.9 Å². The van der Waals surface area contributed by atoms with Gasteiger partial charge < -0.3 is 4.42 Å². The summed E-state index contributed by atoms with van der Waals surface area (Å²) in [6.45, 7) is 2.04. The Bertz CT molecular complexity index is 1530. The van der Waals surface area contributed by atoms with Gasteiger partial charge in [-0.2, -0.15) is 0 Å². The van der Waals surface area contributed by atoms with Crippen molar-refractivity contribution in [2.24, 2.45) is 0 Å². The zero-order valence-electron chi connectivity index (χ0n) is 16.9. The summed E-state index contributed by atoms with van der Waals surface area (Å²) in [6.07, 6.45) is 1.66. The molecule has 0 unspecified atom stereocenters. The Morgan fingerprint density at radius 2 is 1.94 bits per heavy atom. The highest BCUT2D eigenvalue weighted by atomic mass is 35.5. The second-order valence-corrected chi connectivity index (χ2v) is 8.63. The van der Waals surface area contributed by atoms with E-state index in [1.165, 1.54) is 16.2 Å². The van der Waals surface area contributed by atoms with Gasteiger partial charge in [0.2, 0.25) is 0 Å². The van der Waals surface area contributed by atoms with Crippen LogP contribution in [0.3, 0.4) is 0 Å². The summed E-state index contributed by atoms with van der Waals surface area (Å²) in [4.78, 5) is 36.8. The van der Waals surface area contributed by atoms with Gasteiger partial charge in [-0.3, -0.25) is 14.7 Å². The molecule has 0 spiro atoms. The molecule has 32 heavy (non-hydrogen) atoms. The van der Waals surface area contributed by atoms with E-state index >= 15 is 0 Å². The molecule has 0 radical (unpaired) electrons. The number of nitrogens with zero attached hydrogens (tertiary/aromatic N) is 3. The number of carbonyl (C=O) groups excluding carboxylic acids is 1. The second kappa shape index (κ2) is 8.18. The molecule has 3 aromatic heterocycles. The molecule has 0 aliphatic heterocycles. The van der Waals surface area contributed by atoms with Crippen LogP contribution in [0.25, 0.3) is 21.2 Å². The quantitative estimate of drug-likeness (QED) is 0.325. The number of pyridine rings is 1. The number of amides is 1. The number of aryl methyl sites for hydroxylation is 1. The predicted molar refractivity (Wildman–Crippen MR) is 127 cm³/mol. The summed E-state index contributed by atoms with van der Waals surface area (Å²) < 4.78 is 6.29. The van der Waals surface area contributed by atoms with Crippen molar-refractivity contribution in [3.05, 3.63) is 99.1 Å². The number of rotatable bonds is 4. The summed E-state index contributed by atoms with van der Waals surface area (Å²) in [5.74, 6) is -0.502. The van der Waals surface area contributed by atoms with Crippen molar-refractivity contribution in [2.45, 2.75) is 13.5 Å². The summed E-state index contributed by atoms with van der Waals surface area (Å²) in [6, 6.07) is 17.8. The van der Waals surface area contributed by atoms with Gasteiger partial charge in [0.25, 0.3) is 5.91 Å². The van der Waals surface area contributed by atoms with Crippen LogP contribution in [0.5, 0.6) is 0 Å². The molecule has 5 rings (SSSR count). The molecule has 0 saturated heterocycles. The van der Waals surface area contributed by atoms with Crippen LogP contribution in [0, 0.1) is 6.92 Å². The van der Waals surface area contributed by atoms with Crippen molar-refractivity contribution in [1.29, 1.82) is 0 Å². The molecule has 0 bridgehead atoms. The normalized spacial score (nSPS) is 11.2. The summed E-state index contributed by atoms with van der Waals surface area (Å²) in [7, 11) is 0. The smallest absolute Gasteiger partial charge is 0.349 e. The van der Waals surface area contributed by atoms with Crippen molar-refractivity contribution in [2.75, 3.05) is 4.90 Å². The molecule has 3 heterocycles. The number of thiazole rings is 1. The van der Waals surface area contributed by atoms with E-state index < -0.39 is 11.5 Å². The lowest BCUT2D eigenvalue weighted by Crippen LogP contribution is -2.34. The van der Waals surface area contributed by atoms with E-state index in [0.717, 1.165) is 15.8 Å². The topological polar surface area (TPSA) is 76.3 Å². The van der Waals surface area contributed by atoms with E-state index in [1.807, 2.05) is 37.3 Å². The molecule has 0 fully saturated rings. The molecule has 6 nitrogen and oxygen atoms in total. The van der Waals surface area contributed by atoms with Gasteiger partial charge in [0.15, 0.2) is 5.13 Å². The predicted octanol–water partition coefficient (Wildman–Crippen LogP) is 5.61. The number of benzene rings is 2. The Kier molecular flexibility index (Phi) is 5.20. The maximum atomic E-state index is 13.6. The Hall–Kier alpha value is -3.55. The molecule has 0 atom stereocenters. The van der Waals surface area contributed by atoms with Gasteiger partial charge >= 0.3 is 5.63 Å². The van der Waals surface area contributed by atoms with Gasteiger partial charge in [-0.05, 0) is 48.9 Å². The van der Waals surface area contributed by atoms with Gasteiger partial charge in [-0.1, -0.05) is 47.2 Å². The first-order valence-corrected chi connectivity index (χ1v) is 11.0. The van der Waals surface area contributed by atoms with Crippen LogP contribution in [0.4, 0.5) is 5.13 Å². The highest BCUT2D eigenvalue weighted by molar-refractivity contribution is 7.22. The van der Waals surface area contributed by atoms with Crippen LogP contribution < -0.4 is 10.5 Å². The molecular formula is C24H16ClN3O3S. The number of aromatic nitrogens is 2. The Morgan fingerprint density at radius 1 is 1.12 bits per heavy atom. The third-order valence-electron chi connectivity index (χ3n) is 5.13. The molecule has 0 aliphatic carbocycles. The van der Waals surface area contributed by atoms with E-state index in [4.69, 9.17) is 16.0 Å². The van der Waals surface area contributed by atoms with Gasteiger partial charge in [-0.15, -0.1) is 0 Å². The zero-order valence-corrected chi connectivity index (χ0v) is 18.5. The summed E-state index contributed by atoms with van der Waals surface area (Å²) in [5.41, 5.74) is 1.90. The minimum atomic E-state index is -0.694. The fourth-order valence-electron chi connectivity index (χ4n) is 3.44. The van der Waals surface area contributed by atoms with Crippen LogP contribution in [0.15, 0.2) is 76.1 Å². The minimum Gasteiger partial charge on any atom is -0.422 e. The maximum absolute atomic E-state index is 13.6. The van der Waals surface area contributed by atoms with Gasteiger partial charge in [-0.25, -0.2) is 9.78 Å². The van der Waals surface area contributed by atoms with Gasteiger partial charge in [0, 0.05) is 16.6 Å². The lowest BCUT2D eigenvalue weighted by atomic mass is 10.1. The first kappa shape index (κ1) is 20.4. The molecule has 8 heteroatoms.